The first kappa shape index (κ1) is 100. The summed E-state index contributed by atoms with van der Waals surface area (Å²) >= 11 is 0.773. The molecule has 5 aromatic rings. The molecule has 0 bridgehead atoms. The van der Waals surface area contributed by atoms with E-state index >= 15 is 28.8 Å². The molecule has 16 amide bonds. The molecule has 3 saturated heterocycles. The smallest absolute Gasteiger partial charge is 0.305 e. The van der Waals surface area contributed by atoms with Gasteiger partial charge in [0.2, 0.25) is 94.5 Å². The van der Waals surface area contributed by atoms with Gasteiger partial charge in [0, 0.05) is 99.9 Å². The Morgan fingerprint density at radius 3 is 1.69 bits per heavy atom. The molecule has 3 aliphatic rings. The highest BCUT2D eigenvalue weighted by atomic mass is 32.2. The van der Waals surface area contributed by atoms with Crippen LogP contribution in [0.25, 0.3) is 21.8 Å². The van der Waals surface area contributed by atoms with Gasteiger partial charge in [0.15, 0.2) is 0 Å². The molecule has 692 valence electrons. The lowest BCUT2D eigenvalue weighted by Gasteiger charge is -2.36. The lowest BCUT2D eigenvalue weighted by atomic mass is 10.00. The van der Waals surface area contributed by atoms with Crippen LogP contribution < -0.4 is 64.6 Å². The van der Waals surface area contributed by atoms with Crippen molar-refractivity contribution in [3.63, 3.8) is 0 Å². The number of primary amides is 1. The molecule has 8 rings (SSSR count). The molecule has 41 heteroatoms. The van der Waals surface area contributed by atoms with Crippen molar-refractivity contribution in [3.8, 4) is 5.75 Å². The van der Waals surface area contributed by atoms with Crippen molar-refractivity contribution in [1.29, 1.82) is 0 Å². The van der Waals surface area contributed by atoms with Gasteiger partial charge in [-0.3, -0.25) is 81.5 Å². The molecular weight excluding hydrogens is 1670 g/mol. The normalized spacial score (nSPS) is 25.6. The molecule has 2 aromatic heterocycles. The third-order valence-electron chi connectivity index (χ3n) is 22.9. The van der Waals surface area contributed by atoms with Crippen LogP contribution in [0.4, 0.5) is 0 Å². The van der Waals surface area contributed by atoms with Crippen molar-refractivity contribution in [2.24, 2.45) is 17.4 Å². The van der Waals surface area contributed by atoms with Gasteiger partial charge in [-0.2, -0.15) is 0 Å². The van der Waals surface area contributed by atoms with Crippen LogP contribution in [0.2, 0.25) is 0 Å². The molecule has 0 spiro atoms. The summed E-state index contributed by atoms with van der Waals surface area (Å²) < 4.78 is 0. The number of nitrogens with zero attached hydrogens (tertiary/aromatic N) is 5. The lowest BCUT2D eigenvalue weighted by molar-refractivity contribution is -0.149. The van der Waals surface area contributed by atoms with E-state index in [2.05, 4.69) is 63.1 Å². The quantitative estimate of drug-likeness (QED) is 0.0350. The van der Waals surface area contributed by atoms with Crippen LogP contribution in [0, 0.1) is 5.92 Å². The van der Waals surface area contributed by atoms with E-state index in [1.165, 1.54) is 59.3 Å². The number of likely N-dealkylation sites (N-methyl/N-ethyl adjacent to an activating group) is 3. The molecule has 5 heterocycles. The summed E-state index contributed by atoms with van der Waals surface area (Å²) in [5.41, 5.74) is 14.1. The number of carboxylic acid groups (broad SMARTS) is 1. The zero-order valence-electron chi connectivity index (χ0n) is 72.9. The number of carboxylic acids is 1. The summed E-state index contributed by atoms with van der Waals surface area (Å²) in [5.74, 6) is -17.9. The van der Waals surface area contributed by atoms with Gasteiger partial charge in [-0.15, -0.1) is 11.8 Å². The van der Waals surface area contributed by atoms with Crippen LogP contribution in [0.5, 0.6) is 5.75 Å². The fourth-order valence-corrected chi connectivity index (χ4v) is 16.6. The highest BCUT2D eigenvalue weighted by Crippen LogP contribution is 2.28. The zero-order chi connectivity index (χ0) is 93.2. The highest BCUT2D eigenvalue weighted by Gasteiger charge is 2.47. The number of aromatic nitrogens is 2. The van der Waals surface area contributed by atoms with Crippen molar-refractivity contribution >= 4 is 134 Å². The number of aliphatic carboxylic acids is 1. The summed E-state index contributed by atoms with van der Waals surface area (Å²) in [6.07, 6.45) is 1.24. The molecule has 0 saturated carbocycles. The average Bonchev–Trinajstić information content (AvgIpc) is 1.76. The Hall–Kier alpha value is -12.2. The number of nitrogens with one attached hydrogen (secondary N) is 12. The van der Waals surface area contributed by atoms with Crippen molar-refractivity contribution < 1.29 is 102 Å². The molecular formula is C86H121N19O21S. The summed E-state index contributed by atoms with van der Waals surface area (Å²) in [6.45, 7) is 7.09. The maximum atomic E-state index is 15.6. The number of hydrogen-bond acceptors (Lipinski definition) is 22. The van der Waals surface area contributed by atoms with E-state index in [4.69, 9.17) is 11.5 Å². The molecule has 0 unspecified atom stereocenters. The molecule has 15 atom stereocenters. The van der Waals surface area contributed by atoms with E-state index in [-0.39, 0.29) is 89.0 Å². The number of unbranched alkanes of at least 4 members (excludes halogenated alkanes) is 2. The summed E-state index contributed by atoms with van der Waals surface area (Å²) in [4.78, 5) is 258. The molecule has 127 heavy (non-hydrogen) atoms. The summed E-state index contributed by atoms with van der Waals surface area (Å²) in [7, 11) is 3.90. The number of nitrogens with two attached hydrogens (primary N) is 2. The fourth-order valence-electron chi connectivity index (χ4n) is 15.7. The molecule has 0 radical (unpaired) electrons. The van der Waals surface area contributed by atoms with E-state index in [1.54, 1.807) is 74.8 Å². The van der Waals surface area contributed by atoms with Crippen molar-refractivity contribution in [2.45, 2.75) is 229 Å². The Balaban J connectivity index is 1.16. The number of rotatable bonds is 22. The minimum atomic E-state index is -1.88. The van der Waals surface area contributed by atoms with Gasteiger partial charge in [0.25, 0.3) is 0 Å². The third kappa shape index (κ3) is 27.4. The number of phenolic OH excluding ortho intramolecular Hbond substituents is 1. The number of thioether (sulfide) groups is 1. The summed E-state index contributed by atoms with van der Waals surface area (Å²) in [6, 6.07) is -1.96. The number of amides is 16. The number of para-hydroxylation sites is 2. The van der Waals surface area contributed by atoms with Gasteiger partial charge in [-0.1, -0.05) is 102 Å². The van der Waals surface area contributed by atoms with Crippen LogP contribution in [0.1, 0.15) is 135 Å². The van der Waals surface area contributed by atoms with E-state index in [9.17, 15) is 73.2 Å². The fraction of sp³-hybridized carbons (Fsp3) is 0.547. The Morgan fingerprint density at radius 1 is 0.559 bits per heavy atom. The van der Waals surface area contributed by atoms with Gasteiger partial charge < -0.3 is 120 Å². The Labute approximate surface area is 739 Å². The Bertz CT molecular complexity index is 4780. The first-order chi connectivity index (χ1) is 60.4. The van der Waals surface area contributed by atoms with E-state index < -0.39 is 229 Å². The monoisotopic (exact) mass is 1790 g/mol. The second-order valence-corrected chi connectivity index (χ2v) is 33.9. The Kier molecular flexibility index (Phi) is 37.4. The maximum absolute atomic E-state index is 15.6. The standard InChI is InChI=1S/C86H121N19O21S/c1-10-12-23-66-79(119)92-47(5)73(113)100-65(75(115)91-41-70(88)109)44-127-45-71(110)93-61(34-49-26-28-52(107)29-27-49)82(122)101(7)48(6)74(114)96-63(38-72(111)112)84(124)104-32-18-25-67(104)80(120)94-58(30-31-87)76(116)97-60(33-46(3)4)85(125)105-42-53(108)37-69(105)81(121)95-59(35-50-39-89-56-21-16-14-19-54(50)56)77(117)99-64(43-106)78(118)98-62(36-51-40-90-57-22-17-15-20-55(51)57)83(123)103(9)68(24-13-11-2)86(126)102(66)8/h14-17,19-22,26-29,39-40,46-48,53,58-69,89-90,106-108H,10-13,18,23-25,30-38,41-45,87H2,1-9H3,(H2,88,109)(H,91,115)(H,92,119)(H,93,110)(H,94,120)(H,95,121)(H,96,114)(H,97,116)(H,98,118)(H,99,117)(H,100,113)(H,111,112)/t47-,48-,53+,58-,59-,60-,61-,62-,63-,64-,65-,66-,67-,68-,69-/m0/s1. The maximum Gasteiger partial charge on any atom is 0.305 e. The molecule has 20 N–H and O–H groups in total. The zero-order valence-corrected chi connectivity index (χ0v) is 73.7. The predicted molar refractivity (Wildman–Crippen MR) is 466 cm³/mol. The average molecular weight is 1790 g/mol. The van der Waals surface area contributed by atoms with Crippen LogP contribution >= 0.6 is 11.8 Å². The number of aromatic hydroxyl groups is 1. The molecule has 3 aromatic carbocycles. The van der Waals surface area contributed by atoms with Gasteiger partial charge >= 0.3 is 5.97 Å². The van der Waals surface area contributed by atoms with Crippen molar-refractivity contribution in [3.05, 3.63) is 102 Å². The number of benzene rings is 3. The van der Waals surface area contributed by atoms with Crippen LogP contribution in [0.15, 0.2) is 85.2 Å². The van der Waals surface area contributed by atoms with Gasteiger partial charge in [-0.25, -0.2) is 0 Å². The second-order valence-electron chi connectivity index (χ2n) is 32.9. The van der Waals surface area contributed by atoms with Gasteiger partial charge in [0.1, 0.15) is 90.3 Å². The van der Waals surface area contributed by atoms with Crippen LogP contribution in [-0.4, -0.2) is 312 Å². The number of carbonyl (C=O) groups excluding carboxylic acids is 16. The largest absolute Gasteiger partial charge is 0.508 e. The van der Waals surface area contributed by atoms with Gasteiger partial charge in [0.05, 0.1) is 31.4 Å². The number of fused-ring (bicyclic) bond motifs is 4. The molecule has 3 aliphatic heterocycles. The third-order valence-corrected chi connectivity index (χ3v) is 23.9. The van der Waals surface area contributed by atoms with E-state index in [0.29, 0.717) is 64.2 Å². The SMILES string of the molecule is CCCC[C@H]1C(=O)N(C)[C@@H](CCCC)C(=O)N[C@@H](C)C(=O)N[C@H](C(=O)NCC(N)=O)CSCC(=O)N[C@@H](Cc2ccc(O)cc2)C(=O)N(C)[C@@H](C)C(=O)N[C@@H](CC(=O)O)C(=O)N2CCC[C@H]2C(=O)N[C@@H](CCN)C(=O)N[C@@H](CC(C)C)C(=O)N2C[C@H](O)C[C@H]2C(=O)N[C@@H](Cc2c[nH]c3ccccc23)C(=O)N[C@@H](CO)C(=O)N[C@@H](Cc2c[nH]c3ccccc23)C(=O)N1C. The van der Waals surface area contributed by atoms with Crippen LogP contribution in [0.3, 0.4) is 0 Å². The number of hydrogen-bond donors (Lipinski definition) is 18. The number of aliphatic hydroxyl groups excluding tert-OH is 2. The highest BCUT2D eigenvalue weighted by molar-refractivity contribution is 8.00. The van der Waals surface area contributed by atoms with Crippen molar-refractivity contribution in [1.82, 2.24) is 87.6 Å². The van der Waals surface area contributed by atoms with Gasteiger partial charge in [-0.05, 0) is 106 Å². The summed E-state index contributed by atoms with van der Waals surface area (Å²) in [5, 5.41) is 70.0. The predicted octanol–water partition coefficient (Wildman–Crippen LogP) is -2.19. The second kappa shape index (κ2) is 47.4. The van der Waals surface area contributed by atoms with E-state index in [1.807, 2.05) is 13.8 Å². The molecule has 3 fully saturated rings. The topological polar surface area (TPSA) is 591 Å². The first-order valence-electron chi connectivity index (χ1n) is 42.7. The number of aromatic amines is 2. The molecule has 40 nitrogen and oxygen atoms in total. The minimum absolute atomic E-state index is 0.0182. The number of aliphatic hydroxyl groups is 2. The minimum Gasteiger partial charge on any atom is -0.508 e. The lowest BCUT2D eigenvalue weighted by Crippen LogP contribution is -2.61. The van der Waals surface area contributed by atoms with E-state index in [0.717, 1.165) is 36.3 Å². The van der Waals surface area contributed by atoms with Crippen molar-refractivity contribution in [2.75, 3.05) is 65.4 Å². The molecule has 0 aliphatic carbocycles. The van der Waals surface area contributed by atoms with Crippen LogP contribution in [-0.2, 0) is 101 Å². The number of carbonyl (C=O) groups is 17. The Morgan fingerprint density at radius 2 is 1.09 bits per heavy atom. The number of phenols is 1. The number of H-pyrrole nitrogens is 2. The first-order valence-corrected chi connectivity index (χ1v) is 43.9.